The SMILES string of the molecule is Cc1cn(Cc2ccccc2)c(=O)n(CCCNC2CCC(C#N)(c3ccc(F)cc3C(F)(F)F)CC2)c1=O. The Kier molecular flexibility index (Phi) is 8.40. The summed E-state index contributed by atoms with van der Waals surface area (Å²) in [6, 6.07) is 14.1. The standard InChI is InChI=1S/C29H30F4N4O2/c1-20-17-36(18-21-6-3-2-4-7-21)27(39)37(26(20)38)15-5-14-35-23-10-12-28(19-34,13-11-23)24-9-8-22(30)16-25(24)29(31,32)33/h2-4,6-9,16-17,23,35H,5,10-15,18H2,1H3. The van der Waals surface area contributed by atoms with Crippen molar-refractivity contribution in [1.29, 1.82) is 5.26 Å². The Hall–Kier alpha value is -3.71. The van der Waals surface area contributed by atoms with E-state index < -0.39 is 23.0 Å². The van der Waals surface area contributed by atoms with E-state index in [2.05, 4.69) is 11.4 Å². The molecule has 1 N–H and O–H groups in total. The van der Waals surface area contributed by atoms with E-state index in [-0.39, 0.29) is 42.2 Å². The van der Waals surface area contributed by atoms with Crippen LogP contribution in [0.1, 0.15) is 54.4 Å². The number of hydrogen-bond donors (Lipinski definition) is 1. The summed E-state index contributed by atoms with van der Waals surface area (Å²) >= 11 is 0. The summed E-state index contributed by atoms with van der Waals surface area (Å²) in [7, 11) is 0. The number of nitrogens with zero attached hydrogens (tertiary/aromatic N) is 3. The molecule has 1 aliphatic carbocycles. The second kappa shape index (κ2) is 11.6. The summed E-state index contributed by atoms with van der Waals surface area (Å²) in [6.45, 7) is 2.74. The molecule has 0 unspecified atom stereocenters. The molecule has 0 radical (unpaired) electrons. The molecule has 0 amide bonds. The van der Waals surface area contributed by atoms with Crippen molar-refractivity contribution < 1.29 is 17.6 Å². The third-order valence-corrected chi connectivity index (χ3v) is 7.45. The molecule has 10 heteroatoms. The average molecular weight is 543 g/mol. The van der Waals surface area contributed by atoms with Gasteiger partial charge in [0.15, 0.2) is 0 Å². The normalized spacial score (nSPS) is 19.5. The van der Waals surface area contributed by atoms with Gasteiger partial charge in [0.25, 0.3) is 5.56 Å². The maximum absolute atomic E-state index is 13.6. The van der Waals surface area contributed by atoms with Gasteiger partial charge in [-0.05, 0) is 68.8 Å². The number of nitriles is 1. The van der Waals surface area contributed by atoms with Gasteiger partial charge in [0.2, 0.25) is 0 Å². The zero-order chi connectivity index (χ0) is 28.2. The van der Waals surface area contributed by atoms with Crippen molar-refractivity contribution in [3.8, 4) is 6.07 Å². The molecule has 3 aromatic rings. The third-order valence-electron chi connectivity index (χ3n) is 7.45. The van der Waals surface area contributed by atoms with E-state index in [4.69, 9.17) is 0 Å². The lowest BCUT2D eigenvalue weighted by atomic mass is 9.68. The molecular formula is C29H30F4N4O2. The number of hydrogen-bond acceptors (Lipinski definition) is 4. The Morgan fingerprint density at radius 3 is 2.44 bits per heavy atom. The fourth-order valence-electron chi connectivity index (χ4n) is 5.36. The zero-order valence-corrected chi connectivity index (χ0v) is 21.6. The Morgan fingerprint density at radius 1 is 1.10 bits per heavy atom. The van der Waals surface area contributed by atoms with Crippen LogP contribution in [0.25, 0.3) is 0 Å². The second-order valence-corrected chi connectivity index (χ2v) is 10.1. The van der Waals surface area contributed by atoms with Crippen molar-refractivity contribution in [2.45, 2.75) is 69.8 Å². The number of benzene rings is 2. The molecular weight excluding hydrogens is 512 g/mol. The number of aromatic nitrogens is 2. The van der Waals surface area contributed by atoms with Gasteiger partial charge >= 0.3 is 11.9 Å². The minimum absolute atomic E-state index is 0.0229. The summed E-state index contributed by atoms with van der Waals surface area (Å²) < 4.78 is 57.1. The van der Waals surface area contributed by atoms with Crippen LogP contribution >= 0.6 is 0 Å². The molecule has 39 heavy (non-hydrogen) atoms. The van der Waals surface area contributed by atoms with Crippen LogP contribution in [0.2, 0.25) is 0 Å². The monoisotopic (exact) mass is 542 g/mol. The van der Waals surface area contributed by atoms with Gasteiger partial charge in [-0.15, -0.1) is 0 Å². The summed E-state index contributed by atoms with van der Waals surface area (Å²) in [5.74, 6) is -0.992. The van der Waals surface area contributed by atoms with Crippen LogP contribution < -0.4 is 16.6 Å². The van der Waals surface area contributed by atoms with Gasteiger partial charge in [0.05, 0.1) is 23.6 Å². The smallest absolute Gasteiger partial charge is 0.314 e. The largest absolute Gasteiger partial charge is 0.416 e. The highest BCUT2D eigenvalue weighted by Gasteiger charge is 2.44. The fraction of sp³-hybridized carbons (Fsp3) is 0.414. The second-order valence-electron chi connectivity index (χ2n) is 10.1. The van der Waals surface area contributed by atoms with Crippen molar-refractivity contribution in [2.75, 3.05) is 6.54 Å². The molecule has 2 aromatic carbocycles. The average Bonchev–Trinajstić information content (AvgIpc) is 2.92. The van der Waals surface area contributed by atoms with Gasteiger partial charge in [-0.25, -0.2) is 9.18 Å². The molecule has 4 rings (SSSR count). The maximum Gasteiger partial charge on any atom is 0.416 e. The van der Waals surface area contributed by atoms with Crippen LogP contribution in [-0.4, -0.2) is 21.7 Å². The van der Waals surface area contributed by atoms with Crippen LogP contribution in [0.15, 0.2) is 64.3 Å². The van der Waals surface area contributed by atoms with E-state index in [0.717, 1.165) is 17.7 Å². The van der Waals surface area contributed by atoms with Gasteiger partial charge in [0.1, 0.15) is 5.82 Å². The number of halogens is 4. The van der Waals surface area contributed by atoms with Crippen LogP contribution in [-0.2, 0) is 24.7 Å². The van der Waals surface area contributed by atoms with Crippen molar-refractivity contribution in [2.24, 2.45) is 0 Å². The lowest BCUT2D eigenvalue weighted by Crippen LogP contribution is -2.42. The fourth-order valence-corrected chi connectivity index (χ4v) is 5.36. The van der Waals surface area contributed by atoms with Gasteiger partial charge < -0.3 is 5.32 Å². The first kappa shape index (κ1) is 28.3. The van der Waals surface area contributed by atoms with Crippen molar-refractivity contribution >= 4 is 0 Å². The minimum atomic E-state index is -4.76. The molecule has 1 fully saturated rings. The van der Waals surface area contributed by atoms with Gasteiger partial charge in [-0.2, -0.15) is 18.4 Å². The molecule has 0 aliphatic heterocycles. The van der Waals surface area contributed by atoms with Crippen molar-refractivity contribution in [3.63, 3.8) is 0 Å². The number of alkyl halides is 3. The van der Waals surface area contributed by atoms with Gasteiger partial charge in [-0.3, -0.25) is 13.9 Å². The Labute approximate surface area is 223 Å². The molecule has 0 spiro atoms. The number of nitrogens with one attached hydrogen (secondary N) is 1. The summed E-state index contributed by atoms with van der Waals surface area (Å²) in [6.07, 6.45) is -1.34. The zero-order valence-electron chi connectivity index (χ0n) is 21.6. The highest BCUT2D eigenvalue weighted by Crippen LogP contribution is 2.45. The molecule has 0 bridgehead atoms. The lowest BCUT2D eigenvalue weighted by molar-refractivity contribution is -0.139. The quantitative estimate of drug-likeness (QED) is 0.324. The number of rotatable bonds is 8. The topological polar surface area (TPSA) is 79.8 Å². The van der Waals surface area contributed by atoms with E-state index >= 15 is 0 Å². The van der Waals surface area contributed by atoms with E-state index in [1.165, 1.54) is 9.13 Å². The molecule has 0 saturated heterocycles. The van der Waals surface area contributed by atoms with Gasteiger partial charge in [-0.1, -0.05) is 36.4 Å². The Balaban J connectivity index is 1.37. The van der Waals surface area contributed by atoms with E-state index in [1.807, 2.05) is 30.3 Å². The minimum Gasteiger partial charge on any atom is -0.314 e. The first-order valence-corrected chi connectivity index (χ1v) is 12.9. The van der Waals surface area contributed by atoms with E-state index in [0.29, 0.717) is 44.0 Å². The molecule has 1 heterocycles. The van der Waals surface area contributed by atoms with Crippen LogP contribution in [0.3, 0.4) is 0 Å². The maximum atomic E-state index is 13.6. The Morgan fingerprint density at radius 2 is 1.79 bits per heavy atom. The molecule has 1 saturated carbocycles. The molecule has 1 aromatic heterocycles. The Bertz CT molecular complexity index is 1460. The molecule has 6 nitrogen and oxygen atoms in total. The first-order valence-electron chi connectivity index (χ1n) is 12.9. The molecule has 1 aliphatic rings. The van der Waals surface area contributed by atoms with Crippen LogP contribution in [0, 0.1) is 24.1 Å². The van der Waals surface area contributed by atoms with Crippen molar-refractivity contribution in [3.05, 3.63) is 104 Å². The van der Waals surface area contributed by atoms with Gasteiger partial charge in [0, 0.05) is 24.3 Å². The van der Waals surface area contributed by atoms with Crippen molar-refractivity contribution in [1.82, 2.24) is 14.5 Å². The van der Waals surface area contributed by atoms with Crippen LogP contribution in [0.5, 0.6) is 0 Å². The summed E-state index contributed by atoms with van der Waals surface area (Å²) in [5.41, 5.74) is -1.92. The van der Waals surface area contributed by atoms with E-state index in [9.17, 15) is 32.4 Å². The lowest BCUT2D eigenvalue weighted by Gasteiger charge is -2.37. The number of aryl methyl sites for hydroxylation is 1. The highest BCUT2D eigenvalue weighted by atomic mass is 19.4. The summed E-state index contributed by atoms with van der Waals surface area (Å²) in [5, 5.41) is 13.2. The van der Waals surface area contributed by atoms with E-state index in [1.54, 1.807) is 13.1 Å². The third kappa shape index (κ3) is 6.31. The molecule has 206 valence electrons. The highest BCUT2D eigenvalue weighted by molar-refractivity contribution is 5.42. The molecule has 0 atom stereocenters. The predicted octanol–water partition coefficient (Wildman–Crippen LogP) is 4.91. The summed E-state index contributed by atoms with van der Waals surface area (Å²) in [4.78, 5) is 25.6. The van der Waals surface area contributed by atoms with Crippen LogP contribution in [0.4, 0.5) is 17.6 Å². The predicted molar refractivity (Wildman–Crippen MR) is 139 cm³/mol. The first-order chi connectivity index (χ1) is 18.5.